The van der Waals surface area contributed by atoms with E-state index in [1.54, 1.807) is 13.1 Å². The van der Waals surface area contributed by atoms with E-state index in [1.165, 1.54) is 0 Å². The van der Waals surface area contributed by atoms with Crippen molar-refractivity contribution in [1.82, 2.24) is 5.32 Å². The number of fused-ring (bicyclic) bond motifs is 1. The Kier molecular flexibility index (Phi) is 5.34. The number of rotatable bonds is 7. The van der Waals surface area contributed by atoms with Crippen LogP contribution in [-0.2, 0) is 4.74 Å². The van der Waals surface area contributed by atoms with Crippen LogP contribution in [-0.4, -0.2) is 26.7 Å². The normalized spacial score (nSPS) is 13.2. The van der Waals surface area contributed by atoms with Crippen molar-refractivity contribution in [1.29, 1.82) is 0 Å². The summed E-state index contributed by atoms with van der Waals surface area (Å²) in [6.45, 7) is -0.303. The van der Waals surface area contributed by atoms with E-state index in [-0.39, 0.29) is 12.6 Å². The summed E-state index contributed by atoms with van der Waals surface area (Å²) in [5, 5.41) is 4.55. The van der Waals surface area contributed by atoms with Gasteiger partial charge in [0.05, 0.1) is 11.1 Å². The van der Waals surface area contributed by atoms with Crippen LogP contribution in [0.1, 0.15) is 18.2 Å². The Morgan fingerprint density at radius 1 is 1.40 bits per heavy atom. The number of benzene rings is 1. The maximum atomic E-state index is 12.0. The van der Waals surface area contributed by atoms with Crippen molar-refractivity contribution < 1.29 is 17.9 Å². The van der Waals surface area contributed by atoms with Crippen LogP contribution in [0, 0.1) is 0 Å². The standard InChI is InChI=1S/C14H16ClF2NO2/c1-18-11(5-6-19-8-13(16)17)12-7-9-3-2-4-10(15)14(9)20-12/h2-4,7,11,13,18H,5-6,8H2,1H3. The monoisotopic (exact) mass is 303 g/mol. The van der Waals surface area contributed by atoms with Crippen molar-refractivity contribution >= 4 is 22.6 Å². The van der Waals surface area contributed by atoms with Crippen LogP contribution in [0.2, 0.25) is 5.02 Å². The molecule has 1 unspecified atom stereocenters. The van der Waals surface area contributed by atoms with Gasteiger partial charge < -0.3 is 14.5 Å². The first kappa shape index (κ1) is 15.2. The van der Waals surface area contributed by atoms with E-state index in [2.05, 4.69) is 5.32 Å². The summed E-state index contributed by atoms with van der Waals surface area (Å²) < 4.78 is 34.6. The quantitative estimate of drug-likeness (QED) is 0.785. The zero-order chi connectivity index (χ0) is 14.5. The lowest BCUT2D eigenvalue weighted by molar-refractivity contribution is 0.0141. The molecule has 1 heterocycles. The van der Waals surface area contributed by atoms with Gasteiger partial charge in [-0.25, -0.2) is 8.78 Å². The summed E-state index contributed by atoms with van der Waals surface area (Å²) >= 11 is 6.06. The van der Waals surface area contributed by atoms with E-state index in [4.69, 9.17) is 20.8 Å². The molecule has 0 saturated carbocycles. The molecule has 1 atom stereocenters. The zero-order valence-electron chi connectivity index (χ0n) is 11.0. The van der Waals surface area contributed by atoms with Gasteiger partial charge in [0.15, 0.2) is 5.58 Å². The first-order valence-corrected chi connectivity index (χ1v) is 6.70. The highest BCUT2D eigenvalue weighted by Crippen LogP contribution is 2.30. The van der Waals surface area contributed by atoms with Crippen molar-refractivity contribution in [3.8, 4) is 0 Å². The highest BCUT2D eigenvalue weighted by Gasteiger charge is 2.16. The minimum absolute atomic E-state index is 0.101. The smallest absolute Gasteiger partial charge is 0.261 e. The topological polar surface area (TPSA) is 34.4 Å². The van der Waals surface area contributed by atoms with Crippen LogP contribution in [0.5, 0.6) is 0 Å². The van der Waals surface area contributed by atoms with Gasteiger partial charge in [-0.15, -0.1) is 0 Å². The number of hydrogen-bond acceptors (Lipinski definition) is 3. The van der Waals surface area contributed by atoms with Gasteiger partial charge in [-0.3, -0.25) is 0 Å². The average molecular weight is 304 g/mol. The van der Waals surface area contributed by atoms with Crippen LogP contribution in [0.4, 0.5) is 8.78 Å². The summed E-state index contributed by atoms with van der Waals surface area (Å²) in [5.74, 6) is 0.719. The van der Waals surface area contributed by atoms with Crippen molar-refractivity contribution in [2.75, 3.05) is 20.3 Å². The molecule has 0 amide bonds. The van der Waals surface area contributed by atoms with E-state index in [0.717, 1.165) is 11.1 Å². The lowest BCUT2D eigenvalue weighted by Gasteiger charge is -2.13. The average Bonchev–Trinajstić information content (AvgIpc) is 2.84. The molecule has 1 aromatic heterocycles. The molecule has 0 aliphatic carbocycles. The Morgan fingerprint density at radius 3 is 2.85 bits per heavy atom. The van der Waals surface area contributed by atoms with Gasteiger partial charge >= 0.3 is 0 Å². The Bertz CT molecular complexity index is 559. The highest BCUT2D eigenvalue weighted by atomic mass is 35.5. The zero-order valence-corrected chi connectivity index (χ0v) is 11.8. The first-order chi connectivity index (χ1) is 9.61. The van der Waals surface area contributed by atoms with Crippen molar-refractivity contribution in [3.05, 3.63) is 35.0 Å². The molecule has 1 aromatic carbocycles. The first-order valence-electron chi connectivity index (χ1n) is 6.33. The molecular weight excluding hydrogens is 288 g/mol. The summed E-state index contributed by atoms with van der Waals surface area (Å²) in [5.41, 5.74) is 0.637. The van der Waals surface area contributed by atoms with E-state index in [0.29, 0.717) is 17.0 Å². The Hall–Kier alpha value is -1.17. The number of furan rings is 1. The third-order valence-corrected chi connectivity index (χ3v) is 3.30. The van der Waals surface area contributed by atoms with E-state index >= 15 is 0 Å². The lowest BCUT2D eigenvalue weighted by atomic mass is 10.1. The SMILES string of the molecule is CNC(CCOCC(F)F)c1cc2cccc(Cl)c2o1. The number of para-hydroxylation sites is 1. The van der Waals surface area contributed by atoms with Crippen molar-refractivity contribution in [2.45, 2.75) is 18.9 Å². The largest absolute Gasteiger partial charge is 0.458 e. The van der Waals surface area contributed by atoms with Crippen LogP contribution in [0.25, 0.3) is 11.0 Å². The maximum Gasteiger partial charge on any atom is 0.261 e. The molecule has 0 fully saturated rings. The number of halogens is 3. The molecule has 2 aromatic rings. The minimum atomic E-state index is -2.44. The van der Waals surface area contributed by atoms with Gasteiger partial charge in [0.1, 0.15) is 12.4 Å². The predicted octanol–water partition coefficient (Wildman–Crippen LogP) is 4.02. The summed E-state index contributed by atoms with van der Waals surface area (Å²) in [4.78, 5) is 0. The molecule has 1 N–H and O–H groups in total. The molecule has 0 spiro atoms. The fraction of sp³-hybridized carbons (Fsp3) is 0.429. The van der Waals surface area contributed by atoms with Gasteiger partial charge in [-0.2, -0.15) is 0 Å². The van der Waals surface area contributed by atoms with Gasteiger partial charge in [-0.1, -0.05) is 23.7 Å². The third kappa shape index (κ3) is 3.69. The van der Waals surface area contributed by atoms with E-state index in [9.17, 15) is 8.78 Å². The summed E-state index contributed by atoms with van der Waals surface area (Å²) in [6, 6.07) is 7.32. The molecule has 0 bridgehead atoms. The minimum Gasteiger partial charge on any atom is -0.458 e. The molecule has 2 rings (SSSR count). The Morgan fingerprint density at radius 2 is 2.20 bits per heavy atom. The van der Waals surface area contributed by atoms with Gasteiger partial charge in [-0.05, 0) is 25.6 Å². The van der Waals surface area contributed by atoms with Crippen LogP contribution < -0.4 is 5.32 Å². The second kappa shape index (κ2) is 7.02. The molecule has 3 nitrogen and oxygen atoms in total. The van der Waals surface area contributed by atoms with Gasteiger partial charge in [0.25, 0.3) is 6.43 Å². The second-order valence-corrected chi connectivity index (χ2v) is 4.81. The molecule has 0 aliphatic heterocycles. The molecule has 0 saturated heterocycles. The Labute approximate surface area is 120 Å². The molecule has 6 heteroatoms. The fourth-order valence-electron chi connectivity index (χ4n) is 2.02. The van der Waals surface area contributed by atoms with E-state index < -0.39 is 13.0 Å². The second-order valence-electron chi connectivity index (χ2n) is 4.40. The predicted molar refractivity (Wildman–Crippen MR) is 74.5 cm³/mol. The molecule has 20 heavy (non-hydrogen) atoms. The van der Waals surface area contributed by atoms with Crippen molar-refractivity contribution in [2.24, 2.45) is 0 Å². The van der Waals surface area contributed by atoms with Crippen LogP contribution in [0.3, 0.4) is 0 Å². The van der Waals surface area contributed by atoms with Crippen LogP contribution in [0.15, 0.2) is 28.7 Å². The highest BCUT2D eigenvalue weighted by molar-refractivity contribution is 6.34. The molecule has 110 valence electrons. The number of alkyl halides is 2. The van der Waals surface area contributed by atoms with Gasteiger partial charge in [0.2, 0.25) is 0 Å². The molecule has 0 aliphatic rings. The maximum absolute atomic E-state index is 12.0. The molecule has 0 radical (unpaired) electrons. The van der Waals surface area contributed by atoms with Crippen molar-refractivity contribution in [3.63, 3.8) is 0 Å². The van der Waals surface area contributed by atoms with Crippen LogP contribution >= 0.6 is 11.6 Å². The Balaban J connectivity index is 2.04. The summed E-state index contributed by atoms with van der Waals surface area (Å²) in [6.07, 6.45) is -1.89. The lowest BCUT2D eigenvalue weighted by Crippen LogP contribution is -2.18. The third-order valence-electron chi connectivity index (χ3n) is 3.00. The van der Waals surface area contributed by atoms with Gasteiger partial charge in [0, 0.05) is 12.0 Å². The summed E-state index contributed by atoms with van der Waals surface area (Å²) in [7, 11) is 1.78. The number of hydrogen-bond donors (Lipinski definition) is 1. The molecular formula is C14H16ClF2NO2. The number of ether oxygens (including phenoxy) is 1. The van der Waals surface area contributed by atoms with E-state index in [1.807, 2.05) is 18.2 Å². The fourth-order valence-corrected chi connectivity index (χ4v) is 2.24. The number of nitrogens with one attached hydrogen (secondary N) is 1.